The molecule has 3 rings (SSSR count). The molecular formula is C21H29IN6S. The third-order valence-electron chi connectivity index (χ3n) is 4.64. The smallest absolute Gasteiger partial charge is 0.194 e. The number of aromatic nitrogens is 3. The fraction of sp³-hybridized carbons (Fsp3) is 0.381. The van der Waals surface area contributed by atoms with Crippen LogP contribution in [0.3, 0.4) is 0 Å². The Morgan fingerprint density at radius 1 is 1.24 bits per heavy atom. The van der Waals surface area contributed by atoms with Gasteiger partial charge in [-0.1, -0.05) is 37.3 Å². The van der Waals surface area contributed by atoms with Gasteiger partial charge >= 0.3 is 0 Å². The summed E-state index contributed by atoms with van der Waals surface area (Å²) in [7, 11) is 2.09. The van der Waals surface area contributed by atoms with Gasteiger partial charge in [-0.15, -0.1) is 45.5 Å². The summed E-state index contributed by atoms with van der Waals surface area (Å²) in [6, 6.07) is 12.7. The van der Waals surface area contributed by atoms with E-state index in [2.05, 4.69) is 87.7 Å². The van der Waals surface area contributed by atoms with Gasteiger partial charge in [0, 0.05) is 38.0 Å². The number of nitrogens with one attached hydrogen (secondary N) is 1. The maximum absolute atomic E-state index is 4.85. The predicted octanol–water partition coefficient (Wildman–Crippen LogP) is 4.11. The van der Waals surface area contributed by atoms with E-state index in [1.807, 2.05) is 0 Å². The van der Waals surface area contributed by atoms with E-state index in [1.54, 1.807) is 17.7 Å². The molecule has 29 heavy (non-hydrogen) atoms. The van der Waals surface area contributed by atoms with Gasteiger partial charge in [0.25, 0.3) is 0 Å². The summed E-state index contributed by atoms with van der Waals surface area (Å²) in [4.78, 5) is 8.30. The van der Waals surface area contributed by atoms with Crippen LogP contribution in [0.5, 0.6) is 0 Å². The quantitative estimate of drug-likeness (QED) is 0.274. The molecule has 2 aromatic heterocycles. The van der Waals surface area contributed by atoms with Crippen molar-refractivity contribution in [3.05, 3.63) is 69.9 Å². The van der Waals surface area contributed by atoms with Crippen molar-refractivity contribution in [3.8, 4) is 0 Å². The number of hydrogen-bond acceptors (Lipinski definition) is 4. The fourth-order valence-electron chi connectivity index (χ4n) is 3.01. The molecule has 0 aliphatic carbocycles. The minimum Gasteiger partial charge on any atom is -0.354 e. The van der Waals surface area contributed by atoms with E-state index in [4.69, 9.17) is 4.99 Å². The average molecular weight is 524 g/mol. The molecule has 8 heteroatoms. The van der Waals surface area contributed by atoms with Gasteiger partial charge in [0.1, 0.15) is 12.2 Å². The molecule has 0 unspecified atom stereocenters. The second-order valence-electron chi connectivity index (χ2n) is 6.72. The first-order valence-electron chi connectivity index (χ1n) is 9.60. The van der Waals surface area contributed by atoms with Gasteiger partial charge in [-0.2, -0.15) is 0 Å². The van der Waals surface area contributed by atoms with Gasteiger partial charge in [-0.25, -0.2) is 4.99 Å². The van der Waals surface area contributed by atoms with Crippen LogP contribution >= 0.6 is 35.3 Å². The molecular weight excluding hydrogens is 495 g/mol. The molecule has 0 fully saturated rings. The van der Waals surface area contributed by atoms with Crippen LogP contribution in [0.2, 0.25) is 0 Å². The van der Waals surface area contributed by atoms with E-state index >= 15 is 0 Å². The molecule has 0 amide bonds. The molecule has 1 N–H and O–H groups in total. The number of nitrogens with zero attached hydrogens (tertiary/aromatic N) is 5. The lowest BCUT2D eigenvalue weighted by Gasteiger charge is -2.23. The van der Waals surface area contributed by atoms with Crippen LogP contribution < -0.4 is 5.32 Å². The van der Waals surface area contributed by atoms with Gasteiger partial charge in [-0.05, 0) is 29.5 Å². The zero-order valence-corrected chi connectivity index (χ0v) is 20.4. The summed E-state index contributed by atoms with van der Waals surface area (Å²) in [5.74, 6) is 1.91. The minimum atomic E-state index is 0. The Kier molecular flexibility index (Phi) is 9.59. The maximum atomic E-state index is 4.85. The molecule has 0 spiro atoms. The summed E-state index contributed by atoms with van der Waals surface area (Å²) in [6.45, 7) is 7.33. The number of hydrogen-bond donors (Lipinski definition) is 1. The lowest BCUT2D eigenvalue weighted by atomic mass is 10.1. The van der Waals surface area contributed by atoms with Crippen molar-refractivity contribution in [2.24, 2.45) is 4.99 Å². The number of thiophene rings is 1. The molecule has 156 valence electrons. The second kappa shape index (κ2) is 11.9. The maximum Gasteiger partial charge on any atom is 0.194 e. The standard InChI is InChI=1S/C21H28N6S.HI/c1-4-20-25-24-16-27(20)12-11-22-21(23-14-19-10-7-13-28-19)26(3)15-18-9-6-5-8-17(18)2;/h5-10,13,16H,4,11-12,14-15H2,1-3H3,(H,22,23);1H. The van der Waals surface area contributed by atoms with Crippen molar-refractivity contribution < 1.29 is 0 Å². The predicted molar refractivity (Wildman–Crippen MR) is 131 cm³/mol. The number of aryl methyl sites for hydroxylation is 2. The van der Waals surface area contributed by atoms with Gasteiger partial charge < -0.3 is 14.8 Å². The van der Waals surface area contributed by atoms with Crippen LogP contribution in [-0.2, 0) is 26.1 Å². The molecule has 1 aromatic carbocycles. The normalized spacial score (nSPS) is 11.2. The highest BCUT2D eigenvalue weighted by Crippen LogP contribution is 2.12. The number of rotatable bonds is 8. The summed E-state index contributed by atoms with van der Waals surface area (Å²) in [6.07, 6.45) is 2.67. The topological polar surface area (TPSA) is 58.3 Å². The zero-order chi connectivity index (χ0) is 19.8. The van der Waals surface area contributed by atoms with Crippen LogP contribution in [0.15, 0.2) is 53.1 Å². The van der Waals surface area contributed by atoms with Crippen LogP contribution in [0, 0.1) is 6.92 Å². The highest BCUT2D eigenvalue weighted by Gasteiger charge is 2.09. The van der Waals surface area contributed by atoms with E-state index < -0.39 is 0 Å². The van der Waals surface area contributed by atoms with Crippen molar-refractivity contribution >= 4 is 41.3 Å². The molecule has 2 heterocycles. The Morgan fingerprint density at radius 3 is 2.79 bits per heavy atom. The molecule has 0 saturated heterocycles. The van der Waals surface area contributed by atoms with Crippen LogP contribution in [-0.4, -0.2) is 39.2 Å². The third-order valence-corrected chi connectivity index (χ3v) is 5.50. The number of guanidine groups is 1. The molecule has 0 radical (unpaired) electrons. The first-order valence-corrected chi connectivity index (χ1v) is 10.5. The zero-order valence-electron chi connectivity index (χ0n) is 17.2. The van der Waals surface area contributed by atoms with Gasteiger partial charge in [0.2, 0.25) is 0 Å². The van der Waals surface area contributed by atoms with Gasteiger partial charge in [-0.3, -0.25) is 0 Å². The van der Waals surface area contributed by atoms with E-state index in [0.717, 1.165) is 37.8 Å². The number of halogens is 1. The van der Waals surface area contributed by atoms with Crippen LogP contribution in [0.1, 0.15) is 28.8 Å². The fourth-order valence-corrected chi connectivity index (χ4v) is 3.64. The first kappa shape index (κ1) is 23.3. The summed E-state index contributed by atoms with van der Waals surface area (Å²) < 4.78 is 2.09. The third kappa shape index (κ3) is 6.81. The molecule has 0 saturated carbocycles. The Balaban J connectivity index is 0.00000300. The summed E-state index contributed by atoms with van der Waals surface area (Å²) in [5.41, 5.74) is 2.60. The Hall–Kier alpha value is -1.94. The average Bonchev–Trinajstić information content (AvgIpc) is 3.37. The van der Waals surface area contributed by atoms with Crippen molar-refractivity contribution in [2.75, 3.05) is 13.6 Å². The number of aliphatic imine (C=N–C) groups is 1. The largest absolute Gasteiger partial charge is 0.354 e. The molecule has 0 bridgehead atoms. The summed E-state index contributed by atoms with van der Waals surface area (Å²) in [5, 5.41) is 13.8. The Labute approximate surface area is 194 Å². The number of benzene rings is 1. The van der Waals surface area contributed by atoms with E-state index in [1.165, 1.54) is 16.0 Å². The van der Waals surface area contributed by atoms with Crippen molar-refractivity contribution in [3.63, 3.8) is 0 Å². The lowest BCUT2D eigenvalue weighted by Crippen LogP contribution is -2.40. The van der Waals surface area contributed by atoms with E-state index in [-0.39, 0.29) is 24.0 Å². The Morgan fingerprint density at radius 2 is 2.07 bits per heavy atom. The van der Waals surface area contributed by atoms with Crippen LogP contribution in [0.25, 0.3) is 0 Å². The monoisotopic (exact) mass is 524 g/mol. The molecule has 6 nitrogen and oxygen atoms in total. The lowest BCUT2D eigenvalue weighted by molar-refractivity contribution is 0.469. The minimum absolute atomic E-state index is 0. The van der Waals surface area contributed by atoms with Gasteiger partial charge in [0.05, 0.1) is 6.54 Å². The highest BCUT2D eigenvalue weighted by molar-refractivity contribution is 14.0. The first-order chi connectivity index (χ1) is 13.7. The van der Waals surface area contributed by atoms with Crippen LogP contribution in [0.4, 0.5) is 0 Å². The molecule has 0 aliphatic heterocycles. The van der Waals surface area contributed by atoms with Crippen molar-refractivity contribution in [1.82, 2.24) is 25.0 Å². The SMILES string of the molecule is CCc1nncn1CCNC(=NCc1cccs1)N(C)Cc1ccccc1C.I. The highest BCUT2D eigenvalue weighted by atomic mass is 127. The van der Waals surface area contributed by atoms with E-state index in [0.29, 0.717) is 6.54 Å². The molecule has 0 atom stereocenters. The summed E-state index contributed by atoms with van der Waals surface area (Å²) >= 11 is 1.74. The second-order valence-corrected chi connectivity index (χ2v) is 7.75. The van der Waals surface area contributed by atoms with Gasteiger partial charge in [0.15, 0.2) is 5.96 Å². The van der Waals surface area contributed by atoms with Crippen molar-refractivity contribution in [2.45, 2.75) is 39.9 Å². The molecule has 0 aliphatic rings. The van der Waals surface area contributed by atoms with Crippen molar-refractivity contribution in [1.29, 1.82) is 0 Å². The molecule has 3 aromatic rings. The Bertz CT molecular complexity index is 890. The van der Waals surface area contributed by atoms with E-state index in [9.17, 15) is 0 Å².